The average molecular weight is 276 g/mol. The minimum atomic E-state index is -0.760. The standard InChI is InChI=1S/C14H16N2O4/c17-14(18)4-2-1-3-8-15-9-7-11-10-12(16(19)20)5-6-13(11)15/h5-7,9-10H,1-4,8H2,(H,17,18). The minimum Gasteiger partial charge on any atom is -0.481 e. The number of hydrogen-bond acceptors (Lipinski definition) is 3. The van der Waals surface area contributed by atoms with Crippen molar-refractivity contribution >= 4 is 22.6 Å². The van der Waals surface area contributed by atoms with Crippen LogP contribution in [0.1, 0.15) is 25.7 Å². The number of nitrogens with zero attached hydrogens (tertiary/aromatic N) is 2. The summed E-state index contributed by atoms with van der Waals surface area (Å²) in [4.78, 5) is 20.7. The molecule has 1 heterocycles. The van der Waals surface area contributed by atoms with Gasteiger partial charge >= 0.3 is 5.97 Å². The van der Waals surface area contributed by atoms with Crippen LogP contribution in [0.3, 0.4) is 0 Å². The van der Waals surface area contributed by atoms with Gasteiger partial charge in [-0.05, 0) is 25.0 Å². The molecule has 2 rings (SSSR count). The van der Waals surface area contributed by atoms with Gasteiger partial charge in [0.25, 0.3) is 5.69 Å². The first-order valence-corrected chi connectivity index (χ1v) is 6.53. The molecule has 0 aliphatic carbocycles. The van der Waals surface area contributed by atoms with Gasteiger partial charge in [0.05, 0.1) is 4.92 Å². The molecule has 106 valence electrons. The van der Waals surface area contributed by atoms with Crippen LogP contribution in [0.2, 0.25) is 0 Å². The Kier molecular flexibility index (Phi) is 4.34. The Morgan fingerprint density at radius 1 is 1.25 bits per heavy atom. The number of carbonyl (C=O) groups is 1. The molecule has 0 amide bonds. The molecule has 1 aromatic carbocycles. The lowest BCUT2D eigenvalue weighted by Crippen LogP contribution is -1.98. The molecule has 0 fully saturated rings. The highest BCUT2D eigenvalue weighted by molar-refractivity contribution is 5.82. The second-order valence-electron chi connectivity index (χ2n) is 4.71. The summed E-state index contributed by atoms with van der Waals surface area (Å²) >= 11 is 0. The molecule has 1 aromatic heterocycles. The summed E-state index contributed by atoms with van der Waals surface area (Å²) < 4.78 is 2.04. The maximum absolute atomic E-state index is 10.7. The number of hydrogen-bond donors (Lipinski definition) is 1. The van der Waals surface area contributed by atoms with Gasteiger partial charge in [-0.1, -0.05) is 6.42 Å². The van der Waals surface area contributed by atoms with E-state index in [1.165, 1.54) is 6.07 Å². The molecular formula is C14H16N2O4. The predicted molar refractivity (Wildman–Crippen MR) is 74.7 cm³/mol. The number of non-ortho nitro benzene ring substituents is 1. The number of fused-ring (bicyclic) bond motifs is 1. The maximum atomic E-state index is 10.7. The number of aliphatic carboxylic acids is 1. The predicted octanol–water partition coefficient (Wildman–Crippen LogP) is 3.19. The number of aryl methyl sites for hydroxylation is 1. The summed E-state index contributed by atoms with van der Waals surface area (Å²) in [5.41, 5.74) is 1.06. The van der Waals surface area contributed by atoms with Crippen molar-refractivity contribution < 1.29 is 14.8 Å². The molecule has 2 aromatic rings. The zero-order chi connectivity index (χ0) is 14.5. The quantitative estimate of drug-likeness (QED) is 0.478. The molecule has 0 aliphatic rings. The van der Waals surface area contributed by atoms with E-state index in [0.717, 1.165) is 30.3 Å². The zero-order valence-corrected chi connectivity index (χ0v) is 11.0. The molecule has 0 spiro atoms. The van der Waals surface area contributed by atoms with E-state index in [1.807, 2.05) is 16.8 Å². The first-order chi connectivity index (χ1) is 9.58. The molecule has 1 N–H and O–H groups in total. The lowest BCUT2D eigenvalue weighted by atomic mass is 10.2. The summed E-state index contributed by atoms with van der Waals surface area (Å²) in [6, 6.07) is 6.68. The number of nitro groups is 1. The third kappa shape index (κ3) is 3.34. The van der Waals surface area contributed by atoms with Crippen molar-refractivity contribution in [3.05, 3.63) is 40.6 Å². The number of nitro benzene ring substituents is 1. The summed E-state index contributed by atoms with van der Waals surface area (Å²) in [6.45, 7) is 0.793. The highest BCUT2D eigenvalue weighted by Gasteiger charge is 2.08. The van der Waals surface area contributed by atoms with Crippen molar-refractivity contribution in [1.29, 1.82) is 0 Å². The third-order valence-electron chi connectivity index (χ3n) is 3.26. The molecule has 6 nitrogen and oxygen atoms in total. The fourth-order valence-corrected chi connectivity index (χ4v) is 2.23. The average Bonchev–Trinajstić information content (AvgIpc) is 2.80. The van der Waals surface area contributed by atoms with Gasteiger partial charge in [0, 0.05) is 42.2 Å². The van der Waals surface area contributed by atoms with Crippen LogP contribution in [0, 0.1) is 10.1 Å². The van der Waals surface area contributed by atoms with Crippen LogP contribution in [0.4, 0.5) is 5.69 Å². The summed E-state index contributed by atoms with van der Waals surface area (Å²) in [5, 5.41) is 20.1. The molecule has 6 heteroatoms. The van der Waals surface area contributed by atoms with Gasteiger partial charge in [-0.15, -0.1) is 0 Å². The number of aromatic nitrogens is 1. The Labute approximate surface area is 115 Å². The fraction of sp³-hybridized carbons (Fsp3) is 0.357. The van der Waals surface area contributed by atoms with Crippen LogP contribution >= 0.6 is 0 Å². The maximum Gasteiger partial charge on any atom is 0.303 e. The van der Waals surface area contributed by atoms with Crippen LogP contribution in [0.25, 0.3) is 10.9 Å². The van der Waals surface area contributed by atoms with Gasteiger partial charge in [-0.25, -0.2) is 0 Å². The normalized spacial score (nSPS) is 10.8. The number of unbranched alkanes of at least 4 members (excludes halogenated alkanes) is 2. The third-order valence-corrected chi connectivity index (χ3v) is 3.26. The lowest BCUT2D eigenvalue weighted by Gasteiger charge is -2.05. The van der Waals surface area contributed by atoms with Crippen molar-refractivity contribution in [2.75, 3.05) is 0 Å². The van der Waals surface area contributed by atoms with E-state index in [1.54, 1.807) is 12.1 Å². The molecule has 0 atom stereocenters. The molecule has 0 radical (unpaired) electrons. The van der Waals surface area contributed by atoms with E-state index in [2.05, 4.69) is 0 Å². The van der Waals surface area contributed by atoms with Crippen LogP contribution in [0.15, 0.2) is 30.5 Å². The highest BCUT2D eigenvalue weighted by atomic mass is 16.6. The lowest BCUT2D eigenvalue weighted by molar-refractivity contribution is -0.384. The van der Waals surface area contributed by atoms with Crippen LogP contribution in [-0.4, -0.2) is 20.6 Å². The van der Waals surface area contributed by atoms with E-state index in [0.29, 0.717) is 6.42 Å². The minimum absolute atomic E-state index is 0.0942. The highest BCUT2D eigenvalue weighted by Crippen LogP contribution is 2.22. The molecule has 20 heavy (non-hydrogen) atoms. The number of rotatable bonds is 7. The zero-order valence-electron chi connectivity index (χ0n) is 11.0. The van der Waals surface area contributed by atoms with Crippen molar-refractivity contribution in [2.24, 2.45) is 0 Å². The largest absolute Gasteiger partial charge is 0.481 e. The SMILES string of the molecule is O=C(O)CCCCCn1ccc2cc([N+](=O)[O-])ccc21. The van der Waals surface area contributed by atoms with Gasteiger partial charge in [0.2, 0.25) is 0 Å². The topological polar surface area (TPSA) is 85.4 Å². The Morgan fingerprint density at radius 2 is 2.05 bits per heavy atom. The van der Waals surface area contributed by atoms with E-state index >= 15 is 0 Å². The van der Waals surface area contributed by atoms with Crippen molar-refractivity contribution in [2.45, 2.75) is 32.2 Å². The molecule has 0 aliphatic heterocycles. The van der Waals surface area contributed by atoms with Crippen LogP contribution < -0.4 is 0 Å². The second kappa shape index (κ2) is 6.18. The van der Waals surface area contributed by atoms with Gasteiger partial charge in [-0.2, -0.15) is 0 Å². The molecule has 0 saturated carbocycles. The summed E-state index contributed by atoms with van der Waals surface area (Å²) in [7, 11) is 0. The van der Waals surface area contributed by atoms with E-state index in [9.17, 15) is 14.9 Å². The Balaban J connectivity index is 1.97. The van der Waals surface area contributed by atoms with E-state index in [-0.39, 0.29) is 12.1 Å². The molecule has 0 saturated heterocycles. The van der Waals surface area contributed by atoms with Crippen molar-refractivity contribution in [1.82, 2.24) is 4.57 Å². The molecule has 0 unspecified atom stereocenters. The smallest absolute Gasteiger partial charge is 0.303 e. The number of carboxylic acid groups (broad SMARTS) is 1. The fourth-order valence-electron chi connectivity index (χ4n) is 2.23. The monoisotopic (exact) mass is 276 g/mol. The number of benzene rings is 1. The molecular weight excluding hydrogens is 260 g/mol. The van der Waals surface area contributed by atoms with Gasteiger partial charge < -0.3 is 9.67 Å². The van der Waals surface area contributed by atoms with Crippen molar-refractivity contribution in [3.63, 3.8) is 0 Å². The van der Waals surface area contributed by atoms with Gasteiger partial charge in [-0.3, -0.25) is 14.9 Å². The summed E-state index contributed by atoms with van der Waals surface area (Å²) in [6.07, 6.45) is 4.55. The molecule has 0 bridgehead atoms. The van der Waals surface area contributed by atoms with Gasteiger partial charge in [0.15, 0.2) is 0 Å². The van der Waals surface area contributed by atoms with Crippen LogP contribution in [0.5, 0.6) is 0 Å². The van der Waals surface area contributed by atoms with E-state index < -0.39 is 10.9 Å². The van der Waals surface area contributed by atoms with Crippen molar-refractivity contribution in [3.8, 4) is 0 Å². The second-order valence-corrected chi connectivity index (χ2v) is 4.71. The first-order valence-electron chi connectivity index (χ1n) is 6.53. The Hall–Kier alpha value is -2.37. The van der Waals surface area contributed by atoms with Gasteiger partial charge in [0.1, 0.15) is 0 Å². The summed E-state index contributed by atoms with van der Waals surface area (Å²) in [5.74, 6) is -0.760. The Bertz CT molecular complexity index is 633. The number of carboxylic acids is 1. The first kappa shape index (κ1) is 14.0. The Morgan fingerprint density at radius 3 is 2.75 bits per heavy atom. The van der Waals surface area contributed by atoms with E-state index in [4.69, 9.17) is 5.11 Å². The van der Waals surface area contributed by atoms with Crippen LogP contribution in [-0.2, 0) is 11.3 Å².